The molecule has 17 heavy (non-hydrogen) atoms. The second-order valence-corrected chi connectivity index (χ2v) is 5.52. The van der Waals surface area contributed by atoms with E-state index in [4.69, 9.17) is 0 Å². The smallest absolute Gasteiger partial charge is 0.0259 e. The maximum Gasteiger partial charge on any atom is 0.0259 e. The van der Waals surface area contributed by atoms with Crippen LogP contribution >= 0.6 is 0 Å². The van der Waals surface area contributed by atoms with Crippen LogP contribution < -0.4 is 5.43 Å². The Morgan fingerprint density at radius 2 is 1.65 bits per heavy atom. The summed E-state index contributed by atoms with van der Waals surface area (Å²) in [5.41, 5.74) is 3.64. The van der Waals surface area contributed by atoms with Crippen LogP contribution in [0.3, 0.4) is 0 Å². The van der Waals surface area contributed by atoms with E-state index in [2.05, 4.69) is 36.2 Å². The second kappa shape index (κ2) is 8.90. The van der Waals surface area contributed by atoms with Gasteiger partial charge < -0.3 is 4.90 Å². The van der Waals surface area contributed by atoms with Gasteiger partial charge in [0, 0.05) is 32.2 Å². The minimum atomic E-state index is 0.639. The number of likely N-dealkylation sites (N-methyl/N-ethyl adjacent to an activating group) is 1. The highest BCUT2D eigenvalue weighted by Crippen LogP contribution is 2.07. The molecular formula is C14H31N3. The monoisotopic (exact) mass is 241 g/mol. The molecule has 0 aromatic heterocycles. The summed E-state index contributed by atoms with van der Waals surface area (Å²) >= 11 is 0. The molecule has 1 aliphatic heterocycles. The minimum absolute atomic E-state index is 0.639. The van der Waals surface area contributed by atoms with E-state index in [1.54, 1.807) is 0 Å². The fraction of sp³-hybridized carbons (Fsp3) is 1.00. The van der Waals surface area contributed by atoms with Gasteiger partial charge in [-0.2, -0.15) is 0 Å². The lowest BCUT2D eigenvalue weighted by Gasteiger charge is -2.34. The lowest BCUT2D eigenvalue weighted by atomic mass is 10.1. The molecule has 3 nitrogen and oxygen atoms in total. The standard InChI is InChI=1S/C14H31N3/c1-4-5-6-7-8-9-14(2)15-17-12-10-16(3)11-13-17/h14-15H,4-13H2,1-3H3. The number of hydrogen-bond acceptors (Lipinski definition) is 3. The second-order valence-electron chi connectivity index (χ2n) is 5.52. The summed E-state index contributed by atoms with van der Waals surface area (Å²) in [6.45, 7) is 9.30. The van der Waals surface area contributed by atoms with Crippen LogP contribution in [0.5, 0.6) is 0 Å². The quantitative estimate of drug-likeness (QED) is 0.659. The molecule has 0 saturated carbocycles. The van der Waals surface area contributed by atoms with Gasteiger partial charge in [-0.05, 0) is 20.4 Å². The molecular weight excluding hydrogens is 210 g/mol. The number of nitrogens with zero attached hydrogens (tertiary/aromatic N) is 2. The molecule has 1 heterocycles. The predicted octanol–water partition coefficient (Wildman–Crippen LogP) is 2.49. The number of hydrazine groups is 1. The third-order valence-corrected chi connectivity index (χ3v) is 3.65. The first-order chi connectivity index (χ1) is 8.22. The van der Waals surface area contributed by atoms with Crippen LogP contribution in [0.2, 0.25) is 0 Å². The first kappa shape index (κ1) is 14.9. The molecule has 1 fully saturated rings. The van der Waals surface area contributed by atoms with E-state index in [9.17, 15) is 0 Å². The van der Waals surface area contributed by atoms with Crippen LogP contribution in [0.4, 0.5) is 0 Å². The Morgan fingerprint density at radius 3 is 2.29 bits per heavy atom. The summed E-state index contributed by atoms with van der Waals surface area (Å²) in [5, 5.41) is 2.40. The van der Waals surface area contributed by atoms with Gasteiger partial charge in [-0.25, -0.2) is 5.01 Å². The van der Waals surface area contributed by atoms with Crippen molar-refractivity contribution in [1.29, 1.82) is 0 Å². The Labute approximate surface area is 108 Å². The van der Waals surface area contributed by atoms with E-state index in [-0.39, 0.29) is 0 Å². The Kier molecular flexibility index (Phi) is 7.82. The summed E-state index contributed by atoms with van der Waals surface area (Å²) in [5.74, 6) is 0. The average Bonchev–Trinajstić information content (AvgIpc) is 2.32. The Bertz CT molecular complexity index is 176. The van der Waals surface area contributed by atoms with Crippen LogP contribution in [0, 0.1) is 0 Å². The van der Waals surface area contributed by atoms with Gasteiger partial charge in [0.1, 0.15) is 0 Å². The molecule has 0 bridgehead atoms. The fourth-order valence-corrected chi connectivity index (χ4v) is 2.37. The molecule has 1 saturated heterocycles. The van der Waals surface area contributed by atoms with Gasteiger partial charge in [0.15, 0.2) is 0 Å². The van der Waals surface area contributed by atoms with Gasteiger partial charge in [-0.3, -0.25) is 5.43 Å². The lowest BCUT2D eigenvalue weighted by Crippen LogP contribution is -2.53. The van der Waals surface area contributed by atoms with Gasteiger partial charge >= 0.3 is 0 Å². The Hall–Kier alpha value is -0.120. The first-order valence-electron chi connectivity index (χ1n) is 7.42. The zero-order chi connectivity index (χ0) is 12.5. The van der Waals surface area contributed by atoms with Crippen molar-refractivity contribution < 1.29 is 0 Å². The molecule has 0 aromatic rings. The van der Waals surface area contributed by atoms with Gasteiger partial charge in [0.2, 0.25) is 0 Å². The van der Waals surface area contributed by atoms with Gasteiger partial charge in [0.25, 0.3) is 0 Å². The maximum atomic E-state index is 3.64. The molecule has 1 aliphatic rings. The largest absolute Gasteiger partial charge is 0.304 e. The summed E-state index contributed by atoms with van der Waals surface area (Å²) in [7, 11) is 2.20. The molecule has 0 amide bonds. The van der Waals surface area contributed by atoms with Crippen LogP contribution in [0.15, 0.2) is 0 Å². The summed E-state index contributed by atoms with van der Waals surface area (Å²) in [4.78, 5) is 2.40. The van der Waals surface area contributed by atoms with Crippen molar-refractivity contribution in [1.82, 2.24) is 15.3 Å². The zero-order valence-electron chi connectivity index (χ0n) is 12.0. The van der Waals surface area contributed by atoms with Crippen molar-refractivity contribution >= 4 is 0 Å². The third kappa shape index (κ3) is 7.02. The topological polar surface area (TPSA) is 18.5 Å². The maximum absolute atomic E-state index is 3.64. The van der Waals surface area contributed by atoms with Crippen LogP contribution in [0.1, 0.15) is 52.4 Å². The number of piperazine rings is 1. The fourth-order valence-electron chi connectivity index (χ4n) is 2.37. The third-order valence-electron chi connectivity index (χ3n) is 3.65. The molecule has 1 N–H and O–H groups in total. The van der Waals surface area contributed by atoms with E-state index >= 15 is 0 Å². The number of rotatable bonds is 8. The number of unbranched alkanes of at least 4 members (excludes halogenated alkanes) is 4. The number of hydrogen-bond donors (Lipinski definition) is 1. The molecule has 1 atom stereocenters. The predicted molar refractivity (Wildman–Crippen MR) is 75.0 cm³/mol. The van der Waals surface area contributed by atoms with Crippen molar-refractivity contribution in [2.75, 3.05) is 33.2 Å². The molecule has 102 valence electrons. The van der Waals surface area contributed by atoms with Gasteiger partial charge in [-0.1, -0.05) is 39.0 Å². The van der Waals surface area contributed by atoms with Crippen LogP contribution in [0.25, 0.3) is 0 Å². The van der Waals surface area contributed by atoms with Crippen molar-refractivity contribution in [3.63, 3.8) is 0 Å². The number of nitrogens with one attached hydrogen (secondary N) is 1. The minimum Gasteiger partial charge on any atom is -0.304 e. The lowest BCUT2D eigenvalue weighted by molar-refractivity contribution is 0.0877. The molecule has 0 aliphatic carbocycles. The first-order valence-corrected chi connectivity index (χ1v) is 7.42. The molecule has 0 radical (unpaired) electrons. The molecule has 0 spiro atoms. The summed E-state index contributed by atoms with van der Waals surface area (Å²) in [6.07, 6.45) is 8.26. The van der Waals surface area contributed by atoms with Crippen molar-refractivity contribution in [3.8, 4) is 0 Å². The molecule has 1 rings (SSSR count). The van der Waals surface area contributed by atoms with Crippen LogP contribution in [-0.4, -0.2) is 49.2 Å². The van der Waals surface area contributed by atoms with E-state index in [0.717, 1.165) is 13.1 Å². The van der Waals surface area contributed by atoms with Crippen molar-refractivity contribution in [2.24, 2.45) is 0 Å². The molecule has 3 heteroatoms. The highest BCUT2D eigenvalue weighted by atomic mass is 15.5. The van der Waals surface area contributed by atoms with Gasteiger partial charge in [0.05, 0.1) is 0 Å². The van der Waals surface area contributed by atoms with E-state index < -0.39 is 0 Å². The normalized spacial score (nSPS) is 20.6. The van der Waals surface area contributed by atoms with Crippen LogP contribution in [-0.2, 0) is 0 Å². The average molecular weight is 241 g/mol. The molecule has 1 unspecified atom stereocenters. The highest BCUT2D eigenvalue weighted by Gasteiger charge is 2.14. The SMILES string of the molecule is CCCCCCCC(C)NN1CCN(C)CC1. The summed E-state index contributed by atoms with van der Waals surface area (Å²) in [6, 6.07) is 0.639. The molecule has 0 aromatic carbocycles. The van der Waals surface area contributed by atoms with E-state index in [0.29, 0.717) is 6.04 Å². The highest BCUT2D eigenvalue weighted by molar-refractivity contribution is 4.68. The van der Waals surface area contributed by atoms with Crippen molar-refractivity contribution in [3.05, 3.63) is 0 Å². The van der Waals surface area contributed by atoms with Crippen molar-refractivity contribution in [2.45, 2.75) is 58.4 Å². The summed E-state index contributed by atoms with van der Waals surface area (Å²) < 4.78 is 0. The van der Waals surface area contributed by atoms with Gasteiger partial charge in [-0.15, -0.1) is 0 Å². The Morgan fingerprint density at radius 1 is 1.00 bits per heavy atom. The Balaban J connectivity index is 1.98. The van der Waals surface area contributed by atoms with E-state index in [1.165, 1.54) is 51.6 Å². The van der Waals surface area contributed by atoms with E-state index in [1.807, 2.05) is 0 Å². The zero-order valence-corrected chi connectivity index (χ0v) is 12.0.